The van der Waals surface area contributed by atoms with E-state index in [-0.39, 0.29) is 0 Å². The average Bonchev–Trinajstić information content (AvgIpc) is 3.12. The van der Waals surface area contributed by atoms with Crippen molar-refractivity contribution in [3.05, 3.63) is 34.6 Å². The molecule has 0 fully saturated rings. The van der Waals surface area contributed by atoms with Gasteiger partial charge in [-0.15, -0.1) is 11.3 Å². The van der Waals surface area contributed by atoms with Crippen LogP contribution < -0.4 is 5.32 Å². The van der Waals surface area contributed by atoms with Crippen molar-refractivity contribution in [1.82, 2.24) is 29.5 Å². The topological polar surface area (TPSA) is 60.0 Å². The highest BCUT2D eigenvalue weighted by atomic mass is 35.5. The van der Waals surface area contributed by atoms with Crippen LogP contribution in [0.5, 0.6) is 0 Å². The molecule has 0 saturated heterocycles. The number of imidazole rings is 1. The van der Waals surface area contributed by atoms with Crippen LogP contribution in [0.3, 0.4) is 0 Å². The Morgan fingerprint density at radius 1 is 1.50 bits per heavy atom. The predicted octanol–water partition coefficient (Wildman–Crippen LogP) is 1.75. The lowest BCUT2D eigenvalue weighted by molar-refractivity contribution is 0.356. The highest BCUT2D eigenvalue weighted by Crippen LogP contribution is 2.21. The summed E-state index contributed by atoms with van der Waals surface area (Å²) in [5, 5.41) is 10.4. The van der Waals surface area contributed by atoms with Gasteiger partial charge in [-0.1, -0.05) is 11.6 Å². The minimum absolute atomic E-state index is 0.393. The van der Waals surface area contributed by atoms with Crippen molar-refractivity contribution >= 4 is 27.9 Å². The Balaban J connectivity index is 1.48. The lowest BCUT2D eigenvalue weighted by atomic mass is 10.1. The Hall–Kier alpha value is -1.44. The molecular formula is C12H13ClN6S. The first-order chi connectivity index (χ1) is 9.81. The molecular weight excluding hydrogens is 296 g/mol. The summed E-state index contributed by atoms with van der Waals surface area (Å²) in [4.78, 5) is 9.52. The van der Waals surface area contributed by atoms with E-state index in [1.165, 1.54) is 0 Å². The van der Waals surface area contributed by atoms with Crippen LogP contribution in [0.15, 0.2) is 17.9 Å². The molecule has 0 saturated carbocycles. The molecule has 3 aromatic heterocycles. The Morgan fingerprint density at radius 3 is 3.40 bits per heavy atom. The third kappa shape index (κ3) is 2.02. The Kier molecular flexibility index (Phi) is 2.98. The third-order valence-electron chi connectivity index (χ3n) is 3.68. The van der Waals surface area contributed by atoms with Crippen LogP contribution in [0.25, 0.3) is 4.96 Å². The van der Waals surface area contributed by atoms with E-state index < -0.39 is 0 Å². The molecule has 1 aliphatic rings. The number of aromatic nitrogens is 5. The van der Waals surface area contributed by atoms with Gasteiger partial charge in [0, 0.05) is 30.6 Å². The molecule has 0 bridgehead atoms. The van der Waals surface area contributed by atoms with Crippen molar-refractivity contribution in [2.75, 3.05) is 0 Å². The molecule has 4 heterocycles. The van der Waals surface area contributed by atoms with Crippen molar-refractivity contribution in [2.24, 2.45) is 0 Å². The second-order valence-corrected chi connectivity index (χ2v) is 6.11. The summed E-state index contributed by atoms with van der Waals surface area (Å²) in [7, 11) is 0. The number of hydrogen-bond acceptors (Lipinski definition) is 5. The van der Waals surface area contributed by atoms with Crippen LogP contribution >= 0.6 is 22.9 Å². The minimum Gasteiger partial charge on any atom is -0.306 e. The Bertz CT molecular complexity index is 744. The van der Waals surface area contributed by atoms with Gasteiger partial charge in [0.25, 0.3) is 0 Å². The first-order valence-electron chi connectivity index (χ1n) is 6.51. The Labute approximate surface area is 124 Å². The van der Waals surface area contributed by atoms with Crippen LogP contribution in [0.4, 0.5) is 0 Å². The predicted molar refractivity (Wildman–Crippen MR) is 77.0 cm³/mol. The quantitative estimate of drug-likeness (QED) is 0.801. The van der Waals surface area contributed by atoms with Gasteiger partial charge < -0.3 is 5.32 Å². The molecule has 8 heteroatoms. The maximum Gasteiger partial charge on any atom is 0.195 e. The maximum atomic E-state index is 6.20. The first-order valence-corrected chi connectivity index (χ1v) is 7.77. The van der Waals surface area contributed by atoms with Crippen LogP contribution in [0.1, 0.15) is 17.9 Å². The van der Waals surface area contributed by atoms with E-state index in [0.29, 0.717) is 17.7 Å². The normalized spacial score (nSPS) is 18.6. The minimum atomic E-state index is 0.393. The van der Waals surface area contributed by atoms with E-state index in [2.05, 4.69) is 20.4 Å². The largest absolute Gasteiger partial charge is 0.306 e. The highest BCUT2D eigenvalue weighted by molar-refractivity contribution is 7.15. The summed E-state index contributed by atoms with van der Waals surface area (Å²) in [6.07, 6.45) is 5.67. The van der Waals surface area contributed by atoms with E-state index in [1.807, 2.05) is 20.7 Å². The zero-order valence-corrected chi connectivity index (χ0v) is 12.2. The smallest absolute Gasteiger partial charge is 0.195 e. The van der Waals surface area contributed by atoms with Gasteiger partial charge in [-0.2, -0.15) is 5.10 Å². The van der Waals surface area contributed by atoms with Gasteiger partial charge in [0.15, 0.2) is 10.1 Å². The number of hydrogen-bond donors (Lipinski definition) is 1. The fourth-order valence-electron chi connectivity index (χ4n) is 2.61. The molecule has 0 spiro atoms. The number of nitrogens with one attached hydrogen (secondary N) is 1. The fourth-order valence-corrected chi connectivity index (χ4v) is 3.63. The van der Waals surface area contributed by atoms with Gasteiger partial charge >= 0.3 is 0 Å². The standard InChI is InChI=1S/C12H13ClN6S/c13-11-9(18-3-4-20-12(18)17-11)5-14-8-1-2-10-15-7-16-19(10)6-8/h3-4,7-8,14H,1-2,5-6H2. The second-order valence-electron chi connectivity index (χ2n) is 4.88. The molecule has 1 unspecified atom stereocenters. The fraction of sp³-hybridized carbons (Fsp3) is 0.417. The first kappa shape index (κ1) is 12.3. The van der Waals surface area contributed by atoms with Crippen molar-refractivity contribution in [3.63, 3.8) is 0 Å². The maximum absolute atomic E-state index is 6.20. The number of fused-ring (bicyclic) bond motifs is 2. The van der Waals surface area contributed by atoms with Crippen molar-refractivity contribution in [2.45, 2.75) is 32.0 Å². The zero-order chi connectivity index (χ0) is 13.5. The molecule has 4 rings (SSSR count). The summed E-state index contributed by atoms with van der Waals surface area (Å²) < 4.78 is 4.02. The molecule has 1 N–H and O–H groups in total. The van der Waals surface area contributed by atoms with Gasteiger partial charge in [0.05, 0.1) is 12.2 Å². The zero-order valence-electron chi connectivity index (χ0n) is 10.7. The van der Waals surface area contributed by atoms with Gasteiger partial charge in [-0.3, -0.25) is 4.40 Å². The molecule has 6 nitrogen and oxygen atoms in total. The molecule has 3 aromatic rings. The molecule has 20 heavy (non-hydrogen) atoms. The monoisotopic (exact) mass is 308 g/mol. The van der Waals surface area contributed by atoms with Gasteiger partial charge in [-0.05, 0) is 6.42 Å². The van der Waals surface area contributed by atoms with E-state index in [4.69, 9.17) is 11.6 Å². The van der Waals surface area contributed by atoms with E-state index in [0.717, 1.165) is 35.9 Å². The second kappa shape index (κ2) is 4.83. The molecule has 1 atom stereocenters. The van der Waals surface area contributed by atoms with Crippen LogP contribution in [-0.2, 0) is 19.5 Å². The summed E-state index contributed by atoms with van der Waals surface area (Å²) in [5.41, 5.74) is 1.02. The number of thiazole rings is 1. The van der Waals surface area contributed by atoms with Crippen LogP contribution in [-0.4, -0.2) is 30.2 Å². The third-order valence-corrected chi connectivity index (χ3v) is 4.74. The van der Waals surface area contributed by atoms with E-state index >= 15 is 0 Å². The van der Waals surface area contributed by atoms with Crippen molar-refractivity contribution in [1.29, 1.82) is 0 Å². The summed E-state index contributed by atoms with van der Waals surface area (Å²) in [6.45, 7) is 1.57. The number of aryl methyl sites for hydroxylation is 1. The summed E-state index contributed by atoms with van der Waals surface area (Å²) in [5.74, 6) is 1.07. The molecule has 104 valence electrons. The molecule has 0 radical (unpaired) electrons. The SMILES string of the molecule is Clc1nc2sccn2c1CNC1CCc2ncnn2C1. The molecule has 0 aromatic carbocycles. The van der Waals surface area contributed by atoms with Crippen molar-refractivity contribution < 1.29 is 0 Å². The Morgan fingerprint density at radius 2 is 2.45 bits per heavy atom. The molecule has 1 aliphatic heterocycles. The van der Waals surface area contributed by atoms with Crippen LogP contribution in [0, 0.1) is 0 Å². The summed E-state index contributed by atoms with van der Waals surface area (Å²) >= 11 is 7.79. The lowest BCUT2D eigenvalue weighted by Crippen LogP contribution is -2.37. The van der Waals surface area contributed by atoms with Gasteiger partial charge in [0.1, 0.15) is 12.2 Å². The number of halogens is 1. The number of nitrogens with zero attached hydrogens (tertiary/aromatic N) is 5. The number of rotatable bonds is 3. The van der Waals surface area contributed by atoms with Gasteiger partial charge in [-0.25, -0.2) is 14.6 Å². The van der Waals surface area contributed by atoms with E-state index in [9.17, 15) is 0 Å². The molecule has 0 aliphatic carbocycles. The van der Waals surface area contributed by atoms with Gasteiger partial charge in [0.2, 0.25) is 0 Å². The molecule has 0 amide bonds. The summed E-state index contributed by atoms with van der Waals surface area (Å²) in [6, 6.07) is 0.393. The van der Waals surface area contributed by atoms with Crippen LogP contribution in [0.2, 0.25) is 5.15 Å². The van der Waals surface area contributed by atoms with Crippen molar-refractivity contribution in [3.8, 4) is 0 Å². The lowest BCUT2D eigenvalue weighted by Gasteiger charge is -2.23. The van der Waals surface area contributed by atoms with E-state index in [1.54, 1.807) is 17.7 Å². The highest BCUT2D eigenvalue weighted by Gasteiger charge is 2.20. The average molecular weight is 309 g/mol.